The number of halogens is 1. The maximum absolute atomic E-state index is 14.4. The van der Waals surface area contributed by atoms with Gasteiger partial charge in [-0.05, 0) is 35.9 Å². The van der Waals surface area contributed by atoms with Crippen LogP contribution in [0, 0.1) is 5.82 Å². The number of nitrogens with zero attached hydrogens (tertiary/aromatic N) is 2. The number of hydrogen-bond donors (Lipinski definition) is 2. The van der Waals surface area contributed by atoms with E-state index in [0.29, 0.717) is 5.69 Å². The number of hydrogen-bond acceptors (Lipinski definition) is 3. The smallest absolute Gasteiger partial charge is 0.319 e. The molecule has 2 aromatic heterocycles. The molecule has 29 heavy (non-hydrogen) atoms. The summed E-state index contributed by atoms with van der Waals surface area (Å²) in [5.41, 5.74) is 1.88. The Morgan fingerprint density at radius 3 is 2.76 bits per heavy atom. The Labute approximate surface area is 165 Å². The molecule has 0 aliphatic carbocycles. The van der Waals surface area contributed by atoms with Gasteiger partial charge in [0.25, 0.3) is 5.56 Å². The van der Waals surface area contributed by atoms with Crippen LogP contribution in [0.5, 0.6) is 0 Å². The lowest BCUT2D eigenvalue weighted by molar-refractivity contribution is 0.251. The summed E-state index contributed by atoms with van der Waals surface area (Å²) in [6.07, 6.45) is 3.26. The fraction of sp³-hybridized carbons (Fsp3) is 0.0455. The minimum atomic E-state index is -0.636. The SMILES string of the molecule is O=C(NCc1cccc2ncccc12)Nc1ccc(-n2ccccc2=O)cc1F. The molecule has 4 rings (SSSR count). The lowest BCUT2D eigenvalue weighted by atomic mass is 10.1. The fourth-order valence-corrected chi connectivity index (χ4v) is 3.06. The van der Waals surface area contributed by atoms with Crippen LogP contribution in [0.4, 0.5) is 14.9 Å². The topological polar surface area (TPSA) is 76.0 Å². The van der Waals surface area contributed by atoms with Crippen molar-refractivity contribution in [2.24, 2.45) is 0 Å². The van der Waals surface area contributed by atoms with Crippen LogP contribution in [-0.4, -0.2) is 15.6 Å². The zero-order chi connectivity index (χ0) is 20.2. The maximum atomic E-state index is 14.4. The Bertz CT molecular complexity index is 1250. The van der Waals surface area contributed by atoms with Gasteiger partial charge in [0.1, 0.15) is 5.82 Å². The van der Waals surface area contributed by atoms with Crippen LogP contribution in [-0.2, 0) is 6.54 Å². The zero-order valence-corrected chi connectivity index (χ0v) is 15.3. The molecular weight excluding hydrogens is 371 g/mol. The number of carbonyl (C=O) groups excluding carboxylic acids is 1. The van der Waals surface area contributed by atoms with Gasteiger partial charge in [-0.1, -0.05) is 24.3 Å². The standard InChI is InChI=1S/C22H17FN4O2/c23-18-13-16(27-12-2-1-8-21(27)28)9-10-20(18)26-22(29)25-14-15-5-3-7-19-17(15)6-4-11-24-19/h1-13H,14H2,(H2,25,26,29). The summed E-state index contributed by atoms with van der Waals surface area (Å²) in [5.74, 6) is -0.636. The predicted molar refractivity (Wildman–Crippen MR) is 110 cm³/mol. The van der Waals surface area contributed by atoms with Gasteiger partial charge in [0.05, 0.1) is 16.9 Å². The van der Waals surface area contributed by atoms with Crippen molar-refractivity contribution in [1.29, 1.82) is 0 Å². The molecular formula is C22H17FN4O2. The molecule has 0 saturated heterocycles. The molecule has 0 saturated carbocycles. The first-order chi connectivity index (χ1) is 14.1. The molecule has 2 amide bonds. The maximum Gasteiger partial charge on any atom is 0.319 e. The molecule has 0 bridgehead atoms. The summed E-state index contributed by atoms with van der Waals surface area (Å²) in [5, 5.41) is 6.16. The van der Waals surface area contributed by atoms with Crippen molar-refractivity contribution >= 4 is 22.6 Å². The second-order valence-electron chi connectivity index (χ2n) is 6.37. The summed E-state index contributed by atoms with van der Waals surface area (Å²) >= 11 is 0. The Morgan fingerprint density at radius 2 is 1.93 bits per heavy atom. The number of rotatable bonds is 4. The Hall–Kier alpha value is -4.00. The summed E-state index contributed by atoms with van der Waals surface area (Å²) < 4.78 is 15.8. The van der Waals surface area contributed by atoms with Gasteiger partial charge in [-0.2, -0.15) is 0 Å². The first kappa shape index (κ1) is 18.4. The van der Waals surface area contributed by atoms with Crippen molar-refractivity contribution in [2.75, 3.05) is 5.32 Å². The molecule has 0 aliphatic rings. The molecule has 2 aromatic carbocycles. The summed E-state index contributed by atoms with van der Waals surface area (Å²) in [4.78, 5) is 28.4. The molecule has 2 N–H and O–H groups in total. The molecule has 0 aliphatic heterocycles. The number of benzene rings is 2. The van der Waals surface area contributed by atoms with Crippen molar-refractivity contribution in [2.45, 2.75) is 6.54 Å². The molecule has 144 valence electrons. The Morgan fingerprint density at radius 1 is 1.03 bits per heavy atom. The highest BCUT2D eigenvalue weighted by atomic mass is 19.1. The number of aromatic nitrogens is 2. The second kappa shape index (κ2) is 7.93. The number of pyridine rings is 2. The van der Waals surface area contributed by atoms with Crippen molar-refractivity contribution in [3.63, 3.8) is 0 Å². The van der Waals surface area contributed by atoms with Crippen LogP contribution in [0.15, 0.2) is 83.9 Å². The molecule has 0 fully saturated rings. The highest BCUT2D eigenvalue weighted by Crippen LogP contribution is 2.18. The van der Waals surface area contributed by atoms with Gasteiger partial charge >= 0.3 is 6.03 Å². The fourth-order valence-electron chi connectivity index (χ4n) is 3.06. The largest absolute Gasteiger partial charge is 0.334 e. The third-order valence-electron chi connectivity index (χ3n) is 4.48. The van der Waals surface area contributed by atoms with E-state index >= 15 is 0 Å². The second-order valence-corrected chi connectivity index (χ2v) is 6.37. The van der Waals surface area contributed by atoms with Crippen molar-refractivity contribution < 1.29 is 9.18 Å². The highest BCUT2D eigenvalue weighted by molar-refractivity contribution is 5.90. The Kier molecular flexibility index (Phi) is 5.03. The third kappa shape index (κ3) is 3.98. The summed E-state index contributed by atoms with van der Waals surface area (Å²) in [7, 11) is 0. The first-order valence-corrected chi connectivity index (χ1v) is 8.97. The van der Waals surface area contributed by atoms with E-state index in [0.717, 1.165) is 16.5 Å². The van der Waals surface area contributed by atoms with Gasteiger partial charge < -0.3 is 10.6 Å². The van der Waals surface area contributed by atoms with Gasteiger partial charge in [0, 0.05) is 36.5 Å². The molecule has 2 heterocycles. The number of carbonyl (C=O) groups is 1. The monoisotopic (exact) mass is 388 g/mol. The van der Waals surface area contributed by atoms with Crippen LogP contribution in [0.2, 0.25) is 0 Å². The minimum Gasteiger partial charge on any atom is -0.334 e. The van der Waals surface area contributed by atoms with Crippen LogP contribution in [0.25, 0.3) is 16.6 Å². The van der Waals surface area contributed by atoms with E-state index in [1.165, 1.54) is 22.8 Å². The molecule has 4 aromatic rings. The molecule has 0 radical (unpaired) electrons. The first-order valence-electron chi connectivity index (χ1n) is 8.97. The van der Waals surface area contributed by atoms with E-state index < -0.39 is 11.8 Å². The van der Waals surface area contributed by atoms with E-state index in [9.17, 15) is 14.0 Å². The third-order valence-corrected chi connectivity index (χ3v) is 4.48. The highest BCUT2D eigenvalue weighted by Gasteiger charge is 2.10. The number of urea groups is 1. The number of nitrogens with one attached hydrogen (secondary N) is 2. The van der Waals surface area contributed by atoms with Crippen LogP contribution in [0.1, 0.15) is 5.56 Å². The average molecular weight is 388 g/mol. The average Bonchev–Trinajstić information content (AvgIpc) is 2.74. The van der Waals surface area contributed by atoms with Gasteiger partial charge in [-0.15, -0.1) is 0 Å². The van der Waals surface area contributed by atoms with Crippen LogP contribution >= 0.6 is 0 Å². The quantitative estimate of drug-likeness (QED) is 0.558. The summed E-state index contributed by atoms with van der Waals surface area (Å²) in [6, 6.07) is 17.8. The predicted octanol–water partition coefficient (Wildman–Crippen LogP) is 3.85. The van der Waals surface area contributed by atoms with E-state index in [4.69, 9.17) is 0 Å². The van der Waals surface area contributed by atoms with E-state index in [2.05, 4.69) is 15.6 Å². The Balaban J connectivity index is 1.46. The van der Waals surface area contributed by atoms with Crippen LogP contribution < -0.4 is 16.2 Å². The number of anilines is 1. The van der Waals surface area contributed by atoms with E-state index in [1.807, 2.05) is 30.3 Å². The lowest BCUT2D eigenvalue weighted by Gasteiger charge is -2.11. The van der Waals surface area contributed by atoms with Gasteiger partial charge in [0.2, 0.25) is 0 Å². The molecule has 0 unspecified atom stereocenters. The molecule has 6 nitrogen and oxygen atoms in total. The van der Waals surface area contributed by atoms with Crippen molar-refractivity contribution in [1.82, 2.24) is 14.9 Å². The normalized spacial score (nSPS) is 10.7. The summed E-state index contributed by atoms with van der Waals surface area (Å²) in [6.45, 7) is 0.272. The van der Waals surface area contributed by atoms with Gasteiger partial charge in [-0.3, -0.25) is 14.3 Å². The zero-order valence-electron chi connectivity index (χ0n) is 15.3. The minimum absolute atomic E-state index is 0.0230. The van der Waals surface area contributed by atoms with Crippen molar-refractivity contribution in [3.8, 4) is 5.69 Å². The van der Waals surface area contributed by atoms with E-state index in [1.54, 1.807) is 30.6 Å². The van der Waals surface area contributed by atoms with E-state index in [-0.39, 0.29) is 17.8 Å². The number of amides is 2. The molecule has 7 heteroatoms. The molecule has 0 atom stereocenters. The lowest BCUT2D eigenvalue weighted by Crippen LogP contribution is -2.28. The molecule has 0 spiro atoms. The van der Waals surface area contributed by atoms with Crippen molar-refractivity contribution in [3.05, 3.63) is 101 Å². The van der Waals surface area contributed by atoms with Crippen LogP contribution in [0.3, 0.4) is 0 Å². The van der Waals surface area contributed by atoms with Gasteiger partial charge in [-0.25, -0.2) is 9.18 Å². The number of fused-ring (bicyclic) bond motifs is 1. The van der Waals surface area contributed by atoms with Gasteiger partial charge in [0.15, 0.2) is 0 Å².